The number of rotatable bonds is 8. The van der Waals surface area contributed by atoms with Crippen molar-refractivity contribution in [3.8, 4) is 11.1 Å². The van der Waals surface area contributed by atoms with E-state index in [1.807, 2.05) is 57.2 Å². The number of benzene rings is 2. The van der Waals surface area contributed by atoms with E-state index in [9.17, 15) is 13.4 Å². The van der Waals surface area contributed by atoms with Crippen LogP contribution in [0.2, 0.25) is 0 Å². The summed E-state index contributed by atoms with van der Waals surface area (Å²) in [7, 11) is -1.21. The molecule has 0 radical (unpaired) electrons. The van der Waals surface area contributed by atoms with E-state index in [-0.39, 0.29) is 16.4 Å². The Kier molecular flexibility index (Phi) is 8.33. The molecule has 2 heterocycles. The molecule has 0 saturated carbocycles. The Labute approximate surface area is 225 Å². The fraction of sp³-hybridized carbons (Fsp3) is 0.300. The van der Waals surface area contributed by atoms with Crippen LogP contribution in [0.4, 0.5) is 10.2 Å². The zero-order valence-corrected chi connectivity index (χ0v) is 23.1. The summed E-state index contributed by atoms with van der Waals surface area (Å²) in [4.78, 5) is 21.7. The predicted octanol–water partition coefficient (Wildman–Crippen LogP) is 6.83. The van der Waals surface area contributed by atoms with E-state index in [1.54, 1.807) is 18.3 Å². The molecule has 2 N–H and O–H groups in total. The minimum Gasteiger partial charge on any atom is -0.307 e. The van der Waals surface area contributed by atoms with Crippen LogP contribution in [0.3, 0.4) is 0 Å². The van der Waals surface area contributed by atoms with Gasteiger partial charge in [0.15, 0.2) is 0 Å². The highest BCUT2D eigenvalue weighted by atomic mass is 32.2. The molecule has 0 aliphatic rings. The third-order valence-corrected chi connectivity index (χ3v) is 7.61. The maximum Gasteiger partial charge on any atom is 0.256 e. The number of hydrogen-bond acceptors (Lipinski definition) is 4. The fourth-order valence-corrected chi connectivity index (χ4v) is 4.85. The molecule has 6 nitrogen and oxygen atoms in total. The average molecular weight is 533 g/mol. The number of pyridine rings is 2. The zero-order chi connectivity index (χ0) is 27.4. The lowest BCUT2D eigenvalue weighted by Gasteiger charge is -2.25. The van der Waals surface area contributed by atoms with Gasteiger partial charge in [0.25, 0.3) is 5.91 Å². The Balaban J connectivity index is 1.57. The Morgan fingerprint density at radius 3 is 2.47 bits per heavy atom. The van der Waals surface area contributed by atoms with Crippen LogP contribution in [0.1, 0.15) is 63.1 Å². The number of carbonyl (C=O) groups excluding carboxylic acids is 1. The second-order valence-electron chi connectivity index (χ2n) is 10.7. The van der Waals surface area contributed by atoms with Crippen LogP contribution >= 0.6 is 0 Å². The summed E-state index contributed by atoms with van der Waals surface area (Å²) in [6, 6.07) is 19.1. The van der Waals surface area contributed by atoms with Crippen LogP contribution in [-0.4, -0.2) is 24.8 Å². The molecule has 2 aromatic carbocycles. The predicted molar refractivity (Wildman–Crippen MR) is 153 cm³/mol. The third-order valence-electron chi connectivity index (χ3n) is 6.00. The number of amides is 1. The minimum atomic E-state index is -1.21. The highest BCUT2D eigenvalue weighted by Gasteiger charge is 2.25. The summed E-state index contributed by atoms with van der Waals surface area (Å²) in [5.74, 6) is -0.117. The summed E-state index contributed by atoms with van der Waals surface area (Å²) >= 11 is 0. The molecule has 2 atom stereocenters. The molecule has 0 fully saturated rings. The van der Waals surface area contributed by atoms with Crippen LogP contribution in [0, 0.1) is 11.7 Å². The molecule has 0 bridgehead atoms. The number of fused-ring (bicyclic) bond motifs is 1. The van der Waals surface area contributed by atoms with E-state index in [4.69, 9.17) is 4.98 Å². The Morgan fingerprint density at radius 1 is 1.00 bits per heavy atom. The van der Waals surface area contributed by atoms with Crippen LogP contribution in [0.15, 0.2) is 72.9 Å². The summed E-state index contributed by atoms with van der Waals surface area (Å²) in [6.45, 7) is 10.1. The van der Waals surface area contributed by atoms with Crippen molar-refractivity contribution in [1.82, 2.24) is 14.7 Å². The lowest BCUT2D eigenvalue weighted by Crippen LogP contribution is -2.36. The number of anilines is 1. The smallest absolute Gasteiger partial charge is 0.256 e. The molecular formula is C30H33FN4O2S. The van der Waals surface area contributed by atoms with Gasteiger partial charge in [-0.05, 0) is 92.8 Å². The van der Waals surface area contributed by atoms with Crippen LogP contribution < -0.4 is 10.0 Å². The molecule has 4 aromatic rings. The van der Waals surface area contributed by atoms with Crippen LogP contribution in [-0.2, 0) is 11.0 Å². The summed E-state index contributed by atoms with van der Waals surface area (Å²) in [5.41, 5.74) is 3.75. The van der Waals surface area contributed by atoms with Gasteiger partial charge in [0.2, 0.25) is 0 Å². The van der Waals surface area contributed by atoms with Crippen molar-refractivity contribution in [2.45, 2.75) is 51.8 Å². The fourth-order valence-electron chi connectivity index (χ4n) is 4.02. The summed E-state index contributed by atoms with van der Waals surface area (Å²) in [5, 5.41) is 3.70. The van der Waals surface area contributed by atoms with Gasteiger partial charge in [0.1, 0.15) is 11.6 Å². The van der Waals surface area contributed by atoms with Gasteiger partial charge in [-0.2, -0.15) is 0 Å². The quantitative estimate of drug-likeness (QED) is 0.261. The first-order valence-corrected chi connectivity index (χ1v) is 13.8. The van der Waals surface area contributed by atoms with Gasteiger partial charge in [-0.1, -0.05) is 32.0 Å². The highest BCUT2D eigenvalue weighted by molar-refractivity contribution is 7.84. The van der Waals surface area contributed by atoms with E-state index in [2.05, 4.69) is 28.9 Å². The number of nitrogens with one attached hydrogen (secondary N) is 2. The molecule has 0 spiro atoms. The SMILES string of the molecule is CC(C)CC(NS(=O)C(C)(C)C)c1ccc2cc(-c3ccnc(NC(=O)c4cccc(F)c4)c3)ccc2n1. The van der Waals surface area contributed by atoms with Gasteiger partial charge in [-0.3, -0.25) is 9.78 Å². The van der Waals surface area contributed by atoms with Crippen molar-refractivity contribution in [3.05, 3.63) is 90.0 Å². The Hall–Kier alpha value is -3.49. The molecular weight excluding hydrogens is 499 g/mol. The third kappa shape index (κ3) is 6.88. The first kappa shape index (κ1) is 27.5. The number of hydrogen-bond donors (Lipinski definition) is 2. The summed E-state index contributed by atoms with van der Waals surface area (Å²) < 4.78 is 29.2. The van der Waals surface area contributed by atoms with Crippen molar-refractivity contribution in [1.29, 1.82) is 0 Å². The van der Waals surface area contributed by atoms with Crippen molar-refractivity contribution < 1.29 is 13.4 Å². The van der Waals surface area contributed by atoms with E-state index in [0.29, 0.717) is 11.7 Å². The van der Waals surface area contributed by atoms with E-state index >= 15 is 0 Å². The topological polar surface area (TPSA) is 84.0 Å². The van der Waals surface area contributed by atoms with Crippen LogP contribution in [0.5, 0.6) is 0 Å². The van der Waals surface area contributed by atoms with Crippen molar-refractivity contribution in [3.63, 3.8) is 0 Å². The second kappa shape index (κ2) is 11.5. The lowest BCUT2D eigenvalue weighted by molar-refractivity contribution is 0.102. The monoisotopic (exact) mass is 532 g/mol. The molecule has 0 aliphatic carbocycles. The zero-order valence-electron chi connectivity index (χ0n) is 22.3. The lowest BCUT2D eigenvalue weighted by atomic mass is 10.00. The Bertz CT molecular complexity index is 1480. The molecule has 0 aliphatic heterocycles. The molecule has 38 heavy (non-hydrogen) atoms. The van der Waals surface area contributed by atoms with E-state index in [1.165, 1.54) is 18.2 Å². The molecule has 2 unspecified atom stereocenters. The molecule has 198 valence electrons. The second-order valence-corrected chi connectivity index (χ2v) is 12.7. The van der Waals surface area contributed by atoms with Gasteiger partial charge < -0.3 is 5.32 Å². The number of halogens is 1. The van der Waals surface area contributed by atoms with Crippen LogP contribution in [0.25, 0.3) is 22.0 Å². The average Bonchev–Trinajstić information content (AvgIpc) is 2.87. The van der Waals surface area contributed by atoms with Crippen molar-refractivity contribution in [2.24, 2.45) is 5.92 Å². The van der Waals surface area contributed by atoms with Gasteiger partial charge >= 0.3 is 0 Å². The number of nitrogens with zero attached hydrogens (tertiary/aromatic N) is 2. The highest BCUT2D eigenvalue weighted by Crippen LogP contribution is 2.28. The first-order valence-electron chi connectivity index (χ1n) is 12.6. The number of aromatic nitrogens is 2. The maximum atomic E-state index is 13.5. The van der Waals surface area contributed by atoms with Gasteiger partial charge in [0.05, 0.1) is 33.0 Å². The van der Waals surface area contributed by atoms with E-state index in [0.717, 1.165) is 34.1 Å². The molecule has 2 aromatic heterocycles. The van der Waals surface area contributed by atoms with E-state index < -0.39 is 22.7 Å². The molecule has 1 amide bonds. The van der Waals surface area contributed by atoms with Crippen molar-refractivity contribution in [2.75, 3.05) is 5.32 Å². The molecule has 0 saturated heterocycles. The molecule has 4 rings (SSSR count). The van der Waals surface area contributed by atoms with Crippen molar-refractivity contribution >= 4 is 33.6 Å². The Morgan fingerprint density at radius 2 is 1.76 bits per heavy atom. The van der Waals surface area contributed by atoms with Gasteiger partial charge in [-0.25, -0.2) is 18.3 Å². The normalized spacial score (nSPS) is 13.4. The first-order chi connectivity index (χ1) is 18.0. The number of carbonyl (C=O) groups is 1. The molecule has 8 heteroatoms. The van der Waals surface area contributed by atoms with Gasteiger partial charge in [-0.15, -0.1) is 0 Å². The van der Waals surface area contributed by atoms with Gasteiger partial charge in [0, 0.05) is 17.1 Å². The largest absolute Gasteiger partial charge is 0.307 e. The standard InChI is InChI=1S/C30H33FN4O2S/c1-19(2)15-27(35-38(37)30(3,4)5)26-12-10-22-16-20(9-11-25(22)33-26)21-13-14-32-28(18-21)34-29(36)23-7-6-8-24(31)17-23/h6-14,16-19,27,35H,15H2,1-5H3,(H,32,34,36). The maximum absolute atomic E-state index is 13.5. The minimum absolute atomic E-state index is 0.122. The summed E-state index contributed by atoms with van der Waals surface area (Å²) in [6.07, 6.45) is 2.44.